The van der Waals surface area contributed by atoms with Gasteiger partial charge in [-0.2, -0.15) is 0 Å². The fraction of sp³-hybridized carbons (Fsp3) is 0.391. The number of likely N-dealkylation sites (N-methyl/N-ethyl adjacent to an activating group) is 1. The molecule has 0 saturated carbocycles. The molecule has 3 heterocycles. The second-order valence-corrected chi connectivity index (χ2v) is 11.9. The van der Waals surface area contributed by atoms with E-state index in [-0.39, 0.29) is 0 Å². The Morgan fingerprint density at radius 1 is 1.06 bits per heavy atom. The highest BCUT2D eigenvalue weighted by Crippen LogP contribution is 2.46. The summed E-state index contributed by atoms with van der Waals surface area (Å²) in [6, 6.07) is 9.32. The third-order valence-electron chi connectivity index (χ3n) is 6.47. The maximum Gasteiger partial charge on any atom is 0.274 e. The maximum absolute atomic E-state index is 13.8. The molecule has 0 unspecified atom stereocenters. The lowest BCUT2D eigenvalue weighted by atomic mass is 10.1. The first-order valence-electron chi connectivity index (χ1n) is 10.7. The van der Waals surface area contributed by atoms with E-state index >= 15 is 0 Å². The van der Waals surface area contributed by atoms with Crippen LogP contribution >= 0.6 is 22.9 Å². The van der Waals surface area contributed by atoms with Gasteiger partial charge < -0.3 is 14.5 Å². The number of rotatable bonds is 4. The molecular formula is C23H26ClN3O3S2. The number of nitrogens with zero attached hydrogens (tertiary/aromatic N) is 3. The average Bonchev–Trinajstić information content (AvgIpc) is 3.36. The van der Waals surface area contributed by atoms with Gasteiger partial charge in [0.25, 0.3) is 10.0 Å². The first-order chi connectivity index (χ1) is 15.3. The van der Waals surface area contributed by atoms with Gasteiger partial charge in [0.05, 0.1) is 18.5 Å². The van der Waals surface area contributed by atoms with Crippen molar-refractivity contribution in [2.75, 3.05) is 56.1 Å². The normalized spacial score (nSPS) is 17.2. The Balaban J connectivity index is 1.58. The Morgan fingerprint density at radius 2 is 1.81 bits per heavy atom. The van der Waals surface area contributed by atoms with Crippen LogP contribution in [0, 0.1) is 6.92 Å². The Bertz CT molecular complexity index is 1300. The molecule has 1 aromatic heterocycles. The van der Waals surface area contributed by atoms with Crippen LogP contribution in [0.3, 0.4) is 0 Å². The molecule has 0 atom stereocenters. The van der Waals surface area contributed by atoms with Gasteiger partial charge in [-0.1, -0.05) is 11.6 Å². The SMILES string of the molecule is COc1ccc2c(c1N1CCN(C)CC1)CCN2S(=O)(=O)c1sc2ccc(Cl)cc2c1C. The molecule has 1 saturated heterocycles. The summed E-state index contributed by atoms with van der Waals surface area (Å²) in [6.07, 6.45) is 0.670. The molecule has 0 aliphatic carbocycles. The number of halogens is 1. The molecule has 32 heavy (non-hydrogen) atoms. The number of hydrogen-bond acceptors (Lipinski definition) is 6. The lowest BCUT2D eigenvalue weighted by molar-refractivity contribution is 0.311. The van der Waals surface area contributed by atoms with Crippen molar-refractivity contribution >= 4 is 54.4 Å². The van der Waals surface area contributed by atoms with Gasteiger partial charge in [-0.15, -0.1) is 11.3 Å². The number of thiophene rings is 1. The van der Waals surface area contributed by atoms with Gasteiger partial charge in [-0.25, -0.2) is 8.42 Å². The van der Waals surface area contributed by atoms with E-state index in [4.69, 9.17) is 16.3 Å². The van der Waals surface area contributed by atoms with E-state index in [0.717, 1.165) is 64.5 Å². The summed E-state index contributed by atoms with van der Waals surface area (Å²) < 4.78 is 36.2. The zero-order chi connectivity index (χ0) is 22.6. The highest BCUT2D eigenvalue weighted by molar-refractivity contribution is 7.95. The van der Waals surface area contributed by atoms with Crippen LogP contribution in [0.15, 0.2) is 34.5 Å². The van der Waals surface area contributed by atoms with Gasteiger partial charge in [0.15, 0.2) is 0 Å². The quantitative estimate of drug-likeness (QED) is 0.542. The van der Waals surface area contributed by atoms with Crippen LogP contribution in [0.4, 0.5) is 11.4 Å². The van der Waals surface area contributed by atoms with Crippen LogP contribution in [-0.2, 0) is 16.4 Å². The van der Waals surface area contributed by atoms with Crippen LogP contribution in [-0.4, -0.2) is 60.2 Å². The largest absolute Gasteiger partial charge is 0.495 e. The van der Waals surface area contributed by atoms with Gasteiger partial charge in [0, 0.05) is 48.0 Å². The molecule has 2 aliphatic heterocycles. The van der Waals surface area contributed by atoms with Crippen LogP contribution in [0.5, 0.6) is 5.75 Å². The Morgan fingerprint density at radius 3 is 2.53 bits per heavy atom. The van der Waals surface area contributed by atoms with Crippen molar-refractivity contribution in [3.8, 4) is 5.75 Å². The van der Waals surface area contributed by atoms with E-state index in [2.05, 4.69) is 16.8 Å². The Hall–Kier alpha value is -2.00. The predicted octanol–water partition coefficient (Wildman–Crippen LogP) is 4.37. The van der Waals surface area contributed by atoms with E-state index in [1.165, 1.54) is 11.3 Å². The van der Waals surface area contributed by atoms with Gasteiger partial charge in [-0.05, 0) is 61.7 Å². The number of ether oxygens (including phenoxy) is 1. The summed E-state index contributed by atoms with van der Waals surface area (Å²) in [4.78, 5) is 4.64. The molecule has 170 valence electrons. The molecule has 2 aliphatic rings. The van der Waals surface area contributed by atoms with Crippen LogP contribution < -0.4 is 13.9 Å². The fourth-order valence-corrected chi connectivity index (χ4v) is 8.24. The van der Waals surface area contributed by atoms with Gasteiger partial charge in [0.2, 0.25) is 0 Å². The van der Waals surface area contributed by atoms with Crippen molar-refractivity contribution in [2.45, 2.75) is 17.6 Å². The monoisotopic (exact) mass is 491 g/mol. The standard InChI is InChI=1S/C23H26ClN3O3S2/c1-15-18-14-16(24)4-7-21(18)31-23(15)32(28,29)27-9-8-17-19(27)5-6-20(30-3)22(17)26-12-10-25(2)11-13-26/h4-7,14H,8-13H2,1-3H3. The zero-order valence-electron chi connectivity index (χ0n) is 18.4. The number of fused-ring (bicyclic) bond motifs is 2. The van der Waals surface area contributed by atoms with E-state index in [1.54, 1.807) is 17.5 Å². The molecule has 0 bridgehead atoms. The Kier molecular flexibility index (Phi) is 5.52. The van der Waals surface area contributed by atoms with E-state index < -0.39 is 10.0 Å². The van der Waals surface area contributed by atoms with Crippen LogP contribution in [0.25, 0.3) is 10.1 Å². The van der Waals surface area contributed by atoms with E-state index in [0.29, 0.717) is 22.2 Å². The molecule has 0 spiro atoms. The number of anilines is 2. The first-order valence-corrected chi connectivity index (χ1v) is 13.3. The van der Waals surface area contributed by atoms with Crippen molar-refractivity contribution in [2.24, 2.45) is 0 Å². The molecule has 2 aromatic carbocycles. The highest BCUT2D eigenvalue weighted by Gasteiger charge is 2.36. The molecule has 5 rings (SSSR count). The highest BCUT2D eigenvalue weighted by atomic mass is 35.5. The smallest absolute Gasteiger partial charge is 0.274 e. The molecule has 0 N–H and O–H groups in total. The molecule has 0 amide bonds. The van der Waals surface area contributed by atoms with Gasteiger partial charge in [-0.3, -0.25) is 4.31 Å². The molecule has 9 heteroatoms. The second kappa shape index (κ2) is 8.09. The number of piperazine rings is 1. The number of benzene rings is 2. The summed E-state index contributed by atoms with van der Waals surface area (Å²) in [7, 11) is 0.109. The van der Waals surface area contributed by atoms with Crippen molar-refractivity contribution in [3.05, 3.63) is 46.5 Å². The maximum atomic E-state index is 13.8. The van der Waals surface area contributed by atoms with Crippen molar-refractivity contribution in [1.82, 2.24) is 4.90 Å². The average molecular weight is 492 g/mol. The fourth-order valence-electron chi connectivity index (χ4n) is 4.73. The second-order valence-electron chi connectivity index (χ2n) is 8.39. The van der Waals surface area contributed by atoms with Gasteiger partial charge in [0.1, 0.15) is 9.96 Å². The minimum absolute atomic E-state index is 0.389. The van der Waals surface area contributed by atoms with Crippen molar-refractivity contribution in [1.29, 1.82) is 0 Å². The lowest BCUT2D eigenvalue weighted by Gasteiger charge is -2.36. The zero-order valence-corrected chi connectivity index (χ0v) is 20.8. The molecule has 3 aromatic rings. The minimum atomic E-state index is -3.69. The van der Waals surface area contributed by atoms with Crippen molar-refractivity contribution in [3.63, 3.8) is 0 Å². The summed E-state index contributed by atoms with van der Waals surface area (Å²) in [6.45, 7) is 6.03. The number of hydrogen-bond donors (Lipinski definition) is 0. The van der Waals surface area contributed by atoms with Crippen LogP contribution in [0.1, 0.15) is 11.1 Å². The number of aryl methyl sites for hydroxylation is 1. The predicted molar refractivity (Wildman–Crippen MR) is 133 cm³/mol. The van der Waals surface area contributed by atoms with Gasteiger partial charge >= 0.3 is 0 Å². The van der Waals surface area contributed by atoms with E-state index in [1.807, 2.05) is 31.2 Å². The number of methoxy groups -OCH3 is 1. The molecule has 1 fully saturated rings. The van der Waals surface area contributed by atoms with Crippen LogP contribution in [0.2, 0.25) is 5.02 Å². The molecule has 6 nitrogen and oxygen atoms in total. The molecule has 0 radical (unpaired) electrons. The third-order valence-corrected chi connectivity index (χ3v) is 10.4. The molecular weight excluding hydrogens is 466 g/mol. The lowest BCUT2D eigenvalue weighted by Crippen LogP contribution is -2.44. The Labute approximate surface area is 198 Å². The summed E-state index contributed by atoms with van der Waals surface area (Å²) in [5.74, 6) is 0.806. The summed E-state index contributed by atoms with van der Waals surface area (Å²) in [5.41, 5.74) is 3.61. The van der Waals surface area contributed by atoms with Crippen molar-refractivity contribution < 1.29 is 13.2 Å². The topological polar surface area (TPSA) is 53.1 Å². The summed E-state index contributed by atoms with van der Waals surface area (Å²) in [5, 5.41) is 1.51. The first kappa shape index (κ1) is 21.8. The third kappa shape index (κ3) is 3.44. The minimum Gasteiger partial charge on any atom is -0.495 e. The van der Waals surface area contributed by atoms with E-state index in [9.17, 15) is 8.42 Å². The number of sulfonamides is 1. The summed E-state index contributed by atoms with van der Waals surface area (Å²) >= 11 is 7.47.